The minimum absolute atomic E-state index is 0.0870. The molecule has 4 nitrogen and oxygen atoms in total. The fraction of sp³-hybridized carbons (Fsp3) is 0.400. The number of aromatic nitrogens is 1. The zero-order valence-electron chi connectivity index (χ0n) is 11.4. The van der Waals surface area contributed by atoms with E-state index in [-0.39, 0.29) is 5.91 Å². The number of hydrogen-bond donors (Lipinski definition) is 3. The molecule has 20 heavy (non-hydrogen) atoms. The summed E-state index contributed by atoms with van der Waals surface area (Å²) in [7, 11) is 0. The summed E-state index contributed by atoms with van der Waals surface area (Å²) in [4.78, 5) is 15.1. The fourth-order valence-electron chi connectivity index (χ4n) is 2.16. The van der Waals surface area contributed by atoms with Crippen molar-refractivity contribution in [1.29, 1.82) is 0 Å². The van der Waals surface area contributed by atoms with Crippen molar-refractivity contribution in [3.05, 3.63) is 35.0 Å². The van der Waals surface area contributed by atoms with Crippen molar-refractivity contribution in [2.45, 2.75) is 25.7 Å². The van der Waals surface area contributed by atoms with Crippen molar-refractivity contribution in [3.8, 4) is 0 Å². The van der Waals surface area contributed by atoms with Crippen molar-refractivity contribution in [3.63, 3.8) is 0 Å². The fourth-order valence-corrected chi connectivity index (χ4v) is 2.39. The van der Waals surface area contributed by atoms with Gasteiger partial charge in [-0.1, -0.05) is 36.6 Å². The summed E-state index contributed by atoms with van der Waals surface area (Å²) >= 11 is 6.08. The smallest absolute Gasteiger partial charge is 0.267 e. The molecule has 0 aliphatic rings. The molecule has 0 saturated carbocycles. The van der Waals surface area contributed by atoms with Crippen LogP contribution in [0.2, 0.25) is 5.02 Å². The average molecular weight is 294 g/mol. The van der Waals surface area contributed by atoms with Crippen molar-refractivity contribution in [2.75, 3.05) is 13.1 Å². The summed E-state index contributed by atoms with van der Waals surface area (Å²) in [5.41, 5.74) is 6.79. The number of hydrogen-bond acceptors (Lipinski definition) is 2. The molecule has 0 bridgehead atoms. The van der Waals surface area contributed by atoms with E-state index in [4.69, 9.17) is 17.3 Å². The van der Waals surface area contributed by atoms with Crippen LogP contribution in [0.3, 0.4) is 0 Å². The number of nitrogens with two attached hydrogens (primary N) is 1. The second-order valence-corrected chi connectivity index (χ2v) is 5.25. The van der Waals surface area contributed by atoms with E-state index in [9.17, 15) is 4.79 Å². The van der Waals surface area contributed by atoms with Crippen LogP contribution in [0.25, 0.3) is 10.9 Å². The summed E-state index contributed by atoms with van der Waals surface area (Å²) in [5.74, 6) is -0.0870. The molecule has 0 atom stereocenters. The van der Waals surface area contributed by atoms with Crippen LogP contribution in [-0.2, 0) is 0 Å². The lowest BCUT2D eigenvalue weighted by Crippen LogP contribution is -2.24. The molecule has 2 aromatic rings. The number of fused-ring (bicyclic) bond motifs is 1. The van der Waals surface area contributed by atoms with Gasteiger partial charge in [0.15, 0.2) is 0 Å². The van der Waals surface area contributed by atoms with Gasteiger partial charge in [0.2, 0.25) is 0 Å². The van der Waals surface area contributed by atoms with Crippen LogP contribution in [0, 0.1) is 0 Å². The van der Waals surface area contributed by atoms with Gasteiger partial charge >= 0.3 is 0 Å². The zero-order valence-corrected chi connectivity index (χ0v) is 12.2. The number of aromatic amines is 1. The van der Waals surface area contributed by atoms with Crippen molar-refractivity contribution in [1.82, 2.24) is 10.3 Å². The van der Waals surface area contributed by atoms with E-state index in [1.165, 1.54) is 0 Å². The highest BCUT2D eigenvalue weighted by molar-refractivity contribution is 6.35. The van der Waals surface area contributed by atoms with Crippen LogP contribution >= 0.6 is 11.6 Å². The molecule has 0 saturated heterocycles. The maximum atomic E-state index is 12.0. The van der Waals surface area contributed by atoms with Gasteiger partial charge in [-0.3, -0.25) is 4.79 Å². The van der Waals surface area contributed by atoms with E-state index < -0.39 is 0 Å². The Morgan fingerprint density at radius 2 is 2.05 bits per heavy atom. The van der Waals surface area contributed by atoms with Crippen LogP contribution in [0.1, 0.15) is 36.2 Å². The minimum atomic E-state index is -0.0870. The molecule has 2 rings (SSSR count). The lowest BCUT2D eigenvalue weighted by atomic mass is 10.2. The number of benzene rings is 1. The van der Waals surface area contributed by atoms with E-state index in [0.717, 1.165) is 43.1 Å². The Morgan fingerprint density at radius 3 is 2.80 bits per heavy atom. The number of H-pyrrole nitrogens is 1. The molecule has 0 aliphatic heterocycles. The highest BCUT2D eigenvalue weighted by atomic mass is 35.5. The molecule has 1 aromatic heterocycles. The quantitative estimate of drug-likeness (QED) is 0.687. The second kappa shape index (κ2) is 7.31. The lowest BCUT2D eigenvalue weighted by molar-refractivity contribution is 0.0949. The van der Waals surface area contributed by atoms with Gasteiger partial charge in [-0.2, -0.15) is 0 Å². The first-order valence-corrected chi connectivity index (χ1v) is 7.35. The van der Waals surface area contributed by atoms with E-state index in [1.54, 1.807) is 6.07 Å². The van der Waals surface area contributed by atoms with Crippen molar-refractivity contribution < 1.29 is 4.79 Å². The maximum absolute atomic E-state index is 12.0. The van der Waals surface area contributed by atoms with Crippen LogP contribution in [-0.4, -0.2) is 24.0 Å². The van der Waals surface area contributed by atoms with E-state index in [1.807, 2.05) is 18.2 Å². The Labute approximate surface area is 123 Å². The first kappa shape index (κ1) is 14.9. The predicted molar refractivity (Wildman–Crippen MR) is 83.2 cm³/mol. The first-order chi connectivity index (χ1) is 9.72. The number of carbonyl (C=O) groups is 1. The molecule has 0 unspecified atom stereocenters. The molecule has 1 amide bonds. The Bertz CT molecular complexity index is 580. The number of nitrogens with one attached hydrogen (secondary N) is 2. The third-order valence-corrected chi connectivity index (χ3v) is 3.58. The molecule has 1 aromatic carbocycles. The standard InChI is InChI=1S/C15H20ClN3O/c16-12-7-5-6-11-10-13(19-14(11)12)15(20)18-9-4-2-1-3-8-17/h5-7,10,19H,1-4,8-9,17H2,(H,18,20). The minimum Gasteiger partial charge on any atom is -0.351 e. The van der Waals surface area contributed by atoms with Crippen LogP contribution in [0.4, 0.5) is 0 Å². The molecule has 0 radical (unpaired) electrons. The summed E-state index contributed by atoms with van der Waals surface area (Å²) < 4.78 is 0. The maximum Gasteiger partial charge on any atom is 0.267 e. The summed E-state index contributed by atoms with van der Waals surface area (Å²) in [6, 6.07) is 7.43. The largest absolute Gasteiger partial charge is 0.351 e. The summed E-state index contributed by atoms with van der Waals surface area (Å²) in [5, 5.41) is 4.49. The number of carbonyl (C=O) groups excluding carboxylic acids is 1. The third kappa shape index (κ3) is 3.74. The van der Waals surface area contributed by atoms with E-state index in [0.29, 0.717) is 17.3 Å². The highest BCUT2D eigenvalue weighted by Crippen LogP contribution is 2.23. The molecule has 4 N–H and O–H groups in total. The molecule has 108 valence electrons. The number of unbranched alkanes of at least 4 members (excludes halogenated alkanes) is 3. The first-order valence-electron chi connectivity index (χ1n) is 6.98. The van der Waals surface area contributed by atoms with Crippen LogP contribution in [0.5, 0.6) is 0 Å². The molecular formula is C15H20ClN3O. The SMILES string of the molecule is NCCCCCCNC(=O)c1cc2cccc(Cl)c2[nH]1. The van der Waals surface area contributed by atoms with Gasteiger partial charge in [0.05, 0.1) is 10.5 Å². The third-order valence-electron chi connectivity index (χ3n) is 3.27. The van der Waals surface area contributed by atoms with Gasteiger partial charge in [0.1, 0.15) is 5.69 Å². The van der Waals surface area contributed by atoms with Gasteiger partial charge in [-0.05, 0) is 31.5 Å². The van der Waals surface area contributed by atoms with Gasteiger partial charge in [-0.25, -0.2) is 0 Å². The Hall–Kier alpha value is -1.52. The average Bonchev–Trinajstić information content (AvgIpc) is 2.88. The lowest BCUT2D eigenvalue weighted by Gasteiger charge is -2.03. The Kier molecular flexibility index (Phi) is 5.44. The van der Waals surface area contributed by atoms with Crippen LogP contribution < -0.4 is 11.1 Å². The number of para-hydroxylation sites is 1. The van der Waals surface area contributed by atoms with Gasteiger partial charge in [0.25, 0.3) is 5.91 Å². The van der Waals surface area contributed by atoms with Crippen LogP contribution in [0.15, 0.2) is 24.3 Å². The van der Waals surface area contributed by atoms with Crippen molar-refractivity contribution in [2.24, 2.45) is 5.73 Å². The molecule has 0 aliphatic carbocycles. The summed E-state index contributed by atoms with van der Waals surface area (Å²) in [6.07, 6.45) is 4.24. The number of halogens is 1. The van der Waals surface area contributed by atoms with E-state index >= 15 is 0 Å². The Morgan fingerprint density at radius 1 is 1.25 bits per heavy atom. The Balaban J connectivity index is 1.86. The van der Waals surface area contributed by atoms with Gasteiger partial charge in [-0.15, -0.1) is 0 Å². The molecule has 5 heteroatoms. The molecule has 0 fully saturated rings. The number of rotatable bonds is 7. The highest BCUT2D eigenvalue weighted by Gasteiger charge is 2.10. The number of amides is 1. The predicted octanol–water partition coefficient (Wildman–Crippen LogP) is 3.07. The van der Waals surface area contributed by atoms with Gasteiger partial charge in [0, 0.05) is 11.9 Å². The van der Waals surface area contributed by atoms with Crippen molar-refractivity contribution >= 4 is 28.4 Å². The molecule has 0 spiro atoms. The van der Waals surface area contributed by atoms with E-state index in [2.05, 4.69) is 10.3 Å². The monoisotopic (exact) mass is 293 g/mol. The second-order valence-electron chi connectivity index (χ2n) is 4.85. The zero-order chi connectivity index (χ0) is 14.4. The topological polar surface area (TPSA) is 70.9 Å². The normalized spacial score (nSPS) is 10.9. The van der Waals surface area contributed by atoms with Gasteiger partial charge < -0.3 is 16.0 Å². The molecule has 1 heterocycles. The molecular weight excluding hydrogens is 274 g/mol. The summed E-state index contributed by atoms with van der Waals surface area (Å²) in [6.45, 7) is 1.43.